The van der Waals surface area contributed by atoms with E-state index in [0.29, 0.717) is 18.2 Å². The standard InChI is InChI=1S/C27H33N3O3/c1-5-19(2)29(26(31)21-10-9-11-21)18-25-20(3)28-30(22-12-7-6-8-13-22)27(25)33-24-16-14-23(32-4)15-17-24/h6-8,12-17,19,21H,5,9-11,18H2,1-4H3/t19-/m1/s1. The van der Waals surface area contributed by atoms with Crippen LogP contribution in [0.1, 0.15) is 50.8 Å². The average molecular weight is 448 g/mol. The SMILES string of the molecule is CC[C@@H](C)N(Cc1c(C)nn(-c2ccccc2)c1Oc1ccc(OC)cc1)C(=O)C1CCC1. The van der Waals surface area contributed by atoms with Gasteiger partial charge in [0.05, 0.1) is 30.6 Å². The molecule has 0 saturated heterocycles. The Kier molecular flexibility index (Phi) is 7.02. The van der Waals surface area contributed by atoms with Crippen LogP contribution in [0.3, 0.4) is 0 Å². The maximum Gasteiger partial charge on any atom is 0.227 e. The first-order chi connectivity index (χ1) is 16.0. The molecule has 1 atom stereocenters. The van der Waals surface area contributed by atoms with Crippen LogP contribution >= 0.6 is 0 Å². The molecular weight excluding hydrogens is 414 g/mol. The normalized spacial score (nSPS) is 14.4. The van der Waals surface area contributed by atoms with Gasteiger partial charge in [0.25, 0.3) is 0 Å². The molecule has 0 aliphatic heterocycles. The van der Waals surface area contributed by atoms with E-state index >= 15 is 0 Å². The fourth-order valence-electron chi connectivity index (χ4n) is 4.06. The van der Waals surface area contributed by atoms with Crippen molar-refractivity contribution in [2.75, 3.05) is 7.11 Å². The van der Waals surface area contributed by atoms with Crippen LogP contribution in [0.2, 0.25) is 0 Å². The number of aromatic nitrogens is 2. The Morgan fingerprint density at radius 1 is 1.12 bits per heavy atom. The zero-order valence-corrected chi connectivity index (χ0v) is 20.0. The number of ether oxygens (including phenoxy) is 2. The first kappa shape index (κ1) is 22.9. The molecule has 33 heavy (non-hydrogen) atoms. The zero-order valence-electron chi connectivity index (χ0n) is 20.0. The third kappa shape index (κ3) is 4.90. The molecule has 174 valence electrons. The maximum atomic E-state index is 13.3. The Balaban J connectivity index is 1.74. The molecule has 6 nitrogen and oxygen atoms in total. The number of amides is 1. The summed E-state index contributed by atoms with van der Waals surface area (Å²) in [6.07, 6.45) is 4.02. The minimum Gasteiger partial charge on any atom is -0.497 e. The van der Waals surface area contributed by atoms with Crippen molar-refractivity contribution in [1.82, 2.24) is 14.7 Å². The third-order valence-corrected chi connectivity index (χ3v) is 6.60. The molecule has 1 fully saturated rings. The summed E-state index contributed by atoms with van der Waals surface area (Å²) in [6, 6.07) is 17.6. The van der Waals surface area contributed by atoms with Gasteiger partial charge in [-0.2, -0.15) is 5.10 Å². The number of hydrogen-bond acceptors (Lipinski definition) is 4. The number of para-hydroxylation sites is 1. The first-order valence-corrected chi connectivity index (χ1v) is 11.8. The summed E-state index contributed by atoms with van der Waals surface area (Å²) in [5.41, 5.74) is 2.70. The topological polar surface area (TPSA) is 56.6 Å². The lowest BCUT2D eigenvalue weighted by atomic mass is 9.84. The molecule has 0 N–H and O–H groups in total. The lowest BCUT2D eigenvalue weighted by Gasteiger charge is -2.35. The summed E-state index contributed by atoms with van der Waals surface area (Å²) in [4.78, 5) is 15.3. The van der Waals surface area contributed by atoms with Crippen molar-refractivity contribution >= 4 is 5.91 Å². The number of carbonyl (C=O) groups excluding carboxylic acids is 1. The number of methoxy groups -OCH3 is 1. The molecule has 0 spiro atoms. The van der Waals surface area contributed by atoms with E-state index in [1.54, 1.807) is 7.11 Å². The summed E-state index contributed by atoms with van der Waals surface area (Å²) in [5.74, 6) is 2.49. The zero-order chi connectivity index (χ0) is 23.4. The van der Waals surface area contributed by atoms with Crippen molar-refractivity contribution in [1.29, 1.82) is 0 Å². The van der Waals surface area contributed by atoms with Crippen LogP contribution in [0.25, 0.3) is 5.69 Å². The van der Waals surface area contributed by atoms with Gasteiger partial charge in [0.1, 0.15) is 11.5 Å². The van der Waals surface area contributed by atoms with Crippen LogP contribution in [-0.4, -0.2) is 33.7 Å². The van der Waals surface area contributed by atoms with Gasteiger partial charge < -0.3 is 14.4 Å². The highest BCUT2D eigenvalue weighted by Crippen LogP contribution is 2.35. The van der Waals surface area contributed by atoms with E-state index < -0.39 is 0 Å². The summed E-state index contributed by atoms with van der Waals surface area (Å²) >= 11 is 0. The van der Waals surface area contributed by atoms with Gasteiger partial charge in [-0.05, 0) is 69.5 Å². The molecule has 1 amide bonds. The number of carbonyl (C=O) groups is 1. The number of nitrogens with zero attached hydrogens (tertiary/aromatic N) is 3. The summed E-state index contributed by atoms with van der Waals surface area (Å²) in [7, 11) is 1.64. The third-order valence-electron chi connectivity index (χ3n) is 6.60. The van der Waals surface area contributed by atoms with Gasteiger partial charge in [-0.1, -0.05) is 31.5 Å². The number of aryl methyl sites for hydroxylation is 1. The highest BCUT2D eigenvalue weighted by atomic mass is 16.5. The van der Waals surface area contributed by atoms with Crippen molar-refractivity contribution < 1.29 is 14.3 Å². The van der Waals surface area contributed by atoms with Crippen LogP contribution in [-0.2, 0) is 11.3 Å². The largest absolute Gasteiger partial charge is 0.497 e. The Bertz CT molecular complexity index is 1070. The predicted molar refractivity (Wildman–Crippen MR) is 129 cm³/mol. The van der Waals surface area contributed by atoms with Crippen LogP contribution in [0.15, 0.2) is 54.6 Å². The van der Waals surface area contributed by atoms with E-state index in [4.69, 9.17) is 14.6 Å². The molecule has 1 saturated carbocycles. The molecular formula is C27H33N3O3. The van der Waals surface area contributed by atoms with Gasteiger partial charge in [-0.3, -0.25) is 4.79 Å². The molecule has 0 unspecified atom stereocenters. The maximum absolute atomic E-state index is 13.3. The number of rotatable bonds is 9. The Morgan fingerprint density at radius 2 is 1.79 bits per heavy atom. The van der Waals surface area contributed by atoms with Crippen molar-refractivity contribution in [2.24, 2.45) is 5.92 Å². The molecule has 1 aromatic heterocycles. The monoisotopic (exact) mass is 447 g/mol. The molecule has 3 aromatic rings. The average Bonchev–Trinajstić information content (AvgIpc) is 3.11. The molecule has 6 heteroatoms. The van der Waals surface area contributed by atoms with Crippen molar-refractivity contribution in [2.45, 2.75) is 59.0 Å². The minimum absolute atomic E-state index is 0.145. The molecule has 1 heterocycles. The van der Waals surface area contributed by atoms with E-state index in [9.17, 15) is 4.79 Å². The van der Waals surface area contributed by atoms with Gasteiger partial charge in [-0.15, -0.1) is 0 Å². The summed E-state index contributed by atoms with van der Waals surface area (Å²) < 4.78 is 13.5. The van der Waals surface area contributed by atoms with Gasteiger partial charge in [0.15, 0.2) is 0 Å². The van der Waals surface area contributed by atoms with Crippen LogP contribution in [0.4, 0.5) is 0 Å². The quantitative estimate of drug-likeness (QED) is 0.409. The summed E-state index contributed by atoms with van der Waals surface area (Å²) in [5, 5.41) is 4.82. The molecule has 1 aliphatic rings. The van der Waals surface area contributed by atoms with E-state index in [1.165, 1.54) is 0 Å². The second-order valence-corrected chi connectivity index (χ2v) is 8.75. The highest BCUT2D eigenvalue weighted by Gasteiger charge is 2.33. The second-order valence-electron chi connectivity index (χ2n) is 8.75. The summed E-state index contributed by atoms with van der Waals surface area (Å²) in [6.45, 7) is 6.71. The van der Waals surface area contributed by atoms with Crippen LogP contribution in [0.5, 0.6) is 17.4 Å². The van der Waals surface area contributed by atoms with Gasteiger partial charge in [-0.25, -0.2) is 4.68 Å². The fourth-order valence-corrected chi connectivity index (χ4v) is 4.06. The molecule has 0 radical (unpaired) electrons. The Morgan fingerprint density at radius 3 is 2.36 bits per heavy atom. The molecule has 1 aliphatic carbocycles. The lowest BCUT2D eigenvalue weighted by Crippen LogP contribution is -2.43. The number of benzene rings is 2. The van der Waals surface area contributed by atoms with Gasteiger partial charge >= 0.3 is 0 Å². The van der Waals surface area contributed by atoms with E-state index in [-0.39, 0.29) is 17.9 Å². The van der Waals surface area contributed by atoms with Crippen LogP contribution < -0.4 is 9.47 Å². The molecule has 0 bridgehead atoms. The van der Waals surface area contributed by atoms with Gasteiger partial charge in [0, 0.05) is 12.0 Å². The molecule has 4 rings (SSSR count). The van der Waals surface area contributed by atoms with E-state index in [0.717, 1.165) is 48.4 Å². The van der Waals surface area contributed by atoms with E-state index in [1.807, 2.05) is 71.1 Å². The smallest absolute Gasteiger partial charge is 0.227 e. The van der Waals surface area contributed by atoms with Gasteiger partial charge in [0.2, 0.25) is 11.8 Å². The van der Waals surface area contributed by atoms with Crippen molar-refractivity contribution in [3.8, 4) is 23.1 Å². The highest BCUT2D eigenvalue weighted by molar-refractivity contribution is 5.80. The van der Waals surface area contributed by atoms with Crippen molar-refractivity contribution in [3.63, 3.8) is 0 Å². The van der Waals surface area contributed by atoms with E-state index in [2.05, 4.69) is 13.8 Å². The number of hydrogen-bond donors (Lipinski definition) is 0. The first-order valence-electron chi connectivity index (χ1n) is 11.8. The second kappa shape index (κ2) is 10.1. The van der Waals surface area contributed by atoms with Crippen LogP contribution in [0, 0.1) is 12.8 Å². The Hall–Kier alpha value is -3.28. The fraction of sp³-hybridized carbons (Fsp3) is 0.407. The Labute approximate surface area is 196 Å². The lowest BCUT2D eigenvalue weighted by molar-refractivity contribution is -0.141. The van der Waals surface area contributed by atoms with Crippen molar-refractivity contribution in [3.05, 3.63) is 65.9 Å². The predicted octanol–water partition coefficient (Wildman–Crippen LogP) is 5.91. The molecule has 2 aromatic carbocycles. The minimum atomic E-state index is 0.145.